The number of rotatable bonds is 6. The van der Waals surface area contributed by atoms with Crippen molar-refractivity contribution in [1.29, 1.82) is 0 Å². The molecule has 0 saturated heterocycles. The first-order chi connectivity index (χ1) is 9.74. The summed E-state index contributed by atoms with van der Waals surface area (Å²) in [6.07, 6.45) is 1.65. The van der Waals surface area contributed by atoms with Crippen molar-refractivity contribution in [1.82, 2.24) is 9.78 Å². The van der Waals surface area contributed by atoms with Gasteiger partial charge in [0.2, 0.25) is 5.88 Å². The lowest BCUT2D eigenvalue weighted by Gasteiger charge is -2.05. The van der Waals surface area contributed by atoms with Crippen molar-refractivity contribution in [3.8, 4) is 5.88 Å². The Morgan fingerprint density at radius 3 is 2.65 bits per heavy atom. The minimum atomic E-state index is -0.407. The van der Waals surface area contributed by atoms with E-state index in [9.17, 15) is 4.79 Å². The van der Waals surface area contributed by atoms with Gasteiger partial charge in [0.1, 0.15) is 12.2 Å². The second-order valence-electron chi connectivity index (χ2n) is 4.20. The molecule has 0 amide bonds. The van der Waals surface area contributed by atoms with Gasteiger partial charge >= 0.3 is 5.97 Å². The predicted octanol–water partition coefficient (Wildman–Crippen LogP) is 2.66. The Hall–Kier alpha value is -2.30. The summed E-state index contributed by atoms with van der Waals surface area (Å²) in [6.45, 7) is 5.08. The van der Waals surface area contributed by atoms with Crippen LogP contribution < -0.4 is 4.74 Å². The molecule has 0 bridgehead atoms. The zero-order valence-corrected chi connectivity index (χ0v) is 11.7. The van der Waals surface area contributed by atoms with E-state index < -0.39 is 5.97 Å². The first-order valence-electron chi connectivity index (χ1n) is 6.65. The van der Waals surface area contributed by atoms with Gasteiger partial charge in [-0.1, -0.05) is 30.3 Å². The Bertz CT molecular complexity index is 564. The summed E-state index contributed by atoms with van der Waals surface area (Å²) in [6, 6.07) is 9.74. The molecule has 1 aromatic carbocycles. The molecule has 0 spiro atoms. The number of esters is 1. The van der Waals surface area contributed by atoms with Crippen molar-refractivity contribution < 1.29 is 14.3 Å². The third-order valence-corrected chi connectivity index (χ3v) is 2.77. The molecule has 20 heavy (non-hydrogen) atoms. The van der Waals surface area contributed by atoms with Crippen LogP contribution in [0.25, 0.3) is 0 Å². The van der Waals surface area contributed by atoms with Crippen LogP contribution in [0.3, 0.4) is 0 Å². The molecule has 5 nitrogen and oxygen atoms in total. The molecule has 0 aliphatic carbocycles. The second-order valence-corrected chi connectivity index (χ2v) is 4.20. The monoisotopic (exact) mass is 274 g/mol. The van der Waals surface area contributed by atoms with Gasteiger partial charge in [-0.05, 0) is 19.4 Å². The zero-order valence-electron chi connectivity index (χ0n) is 11.7. The summed E-state index contributed by atoms with van der Waals surface area (Å²) in [5.41, 5.74) is 1.39. The van der Waals surface area contributed by atoms with Crippen LogP contribution in [0.1, 0.15) is 29.8 Å². The molecule has 1 heterocycles. The van der Waals surface area contributed by atoms with Crippen molar-refractivity contribution in [2.75, 3.05) is 6.61 Å². The van der Waals surface area contributed by atoms with E-state index in [1.807, 2.05) is 37.3 Å². The highest BCUT2D eigenvalue weighted by atomic mass is 16.5. The minimum Gasteiger partial charge on any atom is -0.471 e. The molecule has 5 heteroatoms. The SMILES string of the molecule is CCOC(=O)c1cn(CC)nc1OCc1ccccc1. The van der Waals surface area contributed by atoms with Crippen molar-refractivity contribution in [3.63, 3.8) is 0 Å². The molecule has 1 aromatic heterocycles. The molecule has 0 N–H and O–H groups in total. The molecular formula is C15H18N2O3. The van der Waals surface area contributed by atoms with Crippen LogP contribution in [-0.4, -0.2) is 22.4 Å². The topological polar surface area (TPSA) is 53.4 Å². The Balaban J connectivity index is 2.13. The molecule has 0 aliphatic rings. The van der Waals surface area contributed by atoms with E-state index in [0.29, 0.717) is 31.2 Å². The largest absolute Gasteiger partial charge is 0.471 e. The first-order valence-corrected chi connectivity index (χ1v) is 6.65. The molecule has 106 valence electrons. The predicted molar refractivity (Wildman–Crippen MR) is 74.6 cm³/mol. The Morgan fingerprint density at radius 1 is 1.25 bits per heavy atom. The fraction of sp³-hybridized carbons (Fsp3) is 0.333. The number of carbonyl (C=O) groups is 1. The van der Waals surface area contributed by atoms with E-state index >= 15 is 0 Å². The maximum Gasteiger partial charge on any atom is 0.345 e. The van der Waals surface area contributed by atoms with Crippen LogP contribution in [0.15, 0.2) is 36.5 Å². The van der Waals surface area contributed by atoms with E-state index in [1.54, 1.807) is 17.8 Å². The van der Waals surface area contributed by atoms with Gasteiger partial charge in [-0.2, -0.15) is 0 Å². The van der Waals surface area contributed by atoms with Gasteiger partial charge in [0.15, 0.2) is 0 Å². The normalized spacial score (nSPS) is 10.3. The van der Waals surface area contributed by atoms with Crippen molar-refractivity contribution in [2.24, 2.45) is 0 Å². The highest BCUT2D eigenvalue weighted by molar-refractivity contribution is 5.91. The maximum absolute atomic E-state index is 11.9. The second kappa shape index (κ2) is 6.75. The Morgan fingerprint density at radius 2 is 2.00 bits per heavy atom. The molecule has 2 aromatic rings. The van der Waals surface area contributed by atoms with Crippen molar-refractivity contribution in [3.05, 3.63) is 47.7 Å². The summed E-state index contributed by atoms with van der Waals surface area (Å²) in [7, 11) is 0. The third kappa shape index (κ3) is 3.38. The van der Waals surface area contributed by atoms with Crippen LogP contribution in [0.5, 0.6) is 5.88 Å². The average molecular weight is 274 g/mol. The smallest absolute Gasteiger partial charge is 0.345 e. The van der Waals surface area contributed by atoms with Gasteiger partial charge in [-0.15, -0.1) is 5.10 Å². The number of aryl methyl sites for hydroxylation is 1. The van der Waals surface area contributed by atoms with Crippen LogP contribution >= 0.6 is 0 Å². The summed E-state index contributed by atoms with van der Waals surface area (Å²) < 4.78 is 12.3. The standard InChI is InChI=1S/C15H18N2O3/c1-3-17-10-13(15(18)19-4-2)14(16-17)20-11-12-8-6-5-7-9-12/h5-10H,3-4,11H2,1-2H3. The lowest BCUT2D eigenvalue weighted by Crippen LogP contribution is -2.06. The molecule has 0 atom stereocenters. The number of hydrogen-bond donors (Lipinski definition) is 0. The van der Waals surface area contributed by atoms with Crippen LogP contribution in [0.2, 0.25) is 0 Å². The van der Waals surface area contributed by atoms with Crippen LogP contribution in [0.4, 0.5) is 0 Å². The highest BCUT2D eigenvalue weighted by Crippen LogP contribution is 2.18. The molecule has 0 fully saturated rings. The van der Waals surface area contributed by atoms with Crippen LogP contribution in [-0.2, 0) is 17.9 Å². The summed E-state index contributed by atoms with van der Waals surface area (Å²) >= 11 is 0. The molecule has 0 radical (unpaired) electrons. The third-order valence-electron chi connectivity index (χ3n) is 2.77. The van der Waals surface area contributed by atoms with Gasteiger partial charge in [0.25, 0.3) is 0 Å². The number of ether oxygens (including phenoxy) is 2. The Kier molecular flexibility index (Phi) is 4.76. The van der Waals surface area contributed by atoms with E-state index in [2.05, 4.69) is 5.10 Å². The number of nitrogens with zero attached hydrogens (tertiary/aromatic N) is 2. The molecule has 0 saturated carbocycles. The van der Waals surface area contributed by atoms with Crippen molar-refractivity contribution >= 4 is 5.97 Å². The van der Waals surface area contributed by atoms with E-state index in [0.717, 1.165) is 5.56 Å². The first kappa shape index (κ1) is 14.1. The van der Waals surface area contributed by atoms with Gasteiger partial charge < -0.3 is 9.47 Å². The van der Waals surface area contributed by atoms with Gasteiger partial charge in [0, 0.05) is 12.7 Å². The summed E-state index contributed by atoms with van der Waals surface area (Å²) in [5.74, 6) is -0.0931. The fourth-order valence-corrected chi connectivity index (χ4v) is 1.75. The fourth-order valence-electron chi connectivity index (χ4n) is 1.75. The lowest BCUT2D eigenvalue weighted by atomic mass is 10.2. The quantitative estimate of drug-likeness (QED) is 0.760. The molecular weight excluding hydrogens is 256 g/mol. The Labute approximate surface area is 118 Å². The van der Waals surface area contributed by atoms with Gasteiger partial charge in [0.05, 0.1) is 6.61 Å². The number of benzene rings is 1. The van der Waals surface area contributed by atoms with E-state index in [-0.39, 0.29) is 0 Å². The highest BCUT2D eigenvalue weighted by Gasteiger charge is 2.18. The average Bonchev–Trinajstić information content (AvgIpc) is 2.90. The van der Waals surface area contributed by atoms with E-state index in [4.69, 9.17) is 9.47 Å². The van der Waals surface area contributed by atoms with Crippen molar-refractivity contribution in [2.45, 2.75) is 27.0 Å². The number of aromatic nitrogens is 2. The molecule has 2 rings (SSSR count). The van der Waals surface area contributed by atoms with E-state index in [1.165, 1.54) is 0 Å². The minimum absolute atomic E-state index is 0.314. The zero-order chi connectivity index (χ0) is 14.4. The van der Waals surface area contributed by atoms with Gasteiger partial charge in [-0.25, -0.2) is 4.79 Å². The molecule has 0 aliphatic heterocycles. The lowest BCUT2D eigenvalue weighted by molar-refractivity contribution is 0.0521. The summed E-state index contributed by atoms with van der Waals surface area (Å²) in [5, 5.41) is 4.24. The number of hydrogen-bond acceptors (Lipinski definition) is 4. The summed E-state index contributed by atoms with van der Waals surface area (Å²) in [4.78, 5) is 11.9. The molecule has 0 unspecified atom stereocenters. The van der Waals surface area contributed by atoms with Crippen LogP contribution in [0, 0.1) is 0 Å². The van der Waals surface area contributed by atoms with Gasteiger partial charge in [-0.3, -0.25) is 4.68 Å². The number of carbonyl (C=O) groups excluding carboxylic acids is 1. The maximum atomic E-state index is 11.9.